The van der Waals surface area contributed by atoms with E-state index in [1.807, 2.05) is 0 Å². The number of esters is 2. The van der Waals surface area contributed by atoms with Crippen molar-refractivity contribution in [1.82, 2.24) is 0 Å². The van der Waals surface area contributed by atoms with Crippen molar-refractivity contribution in [3.05, 3.63) is 0 Å². The Morgan fingerprint density at radius 2 is 2.15 bits per heavy atom. The summed E-state index contributed by atoms with van der Waals surface area (Å²) in [5.74, 6) is -0.187. The number of hydrogen-bond acceptors (Lipinski definition) is 3. The maximum absolute atomic E-state index is 11.0. The number of ether oxygens (including phenoxy) is 1. The highest BCUT2D eigenvalue weighted by molar-refractivity contribution is 5.94. The molecule has 1 aliphatic rings. The summed E-state index contributed by atoms with van der Waals surface area (Å²) >= 11 is 0. The van der Waals surface area contributed by atoms with Gasteiger partial charge in [-0.05, 0) is 12.3 Å². The van der Waals surface area contributed by atoms with Crippen LogP contribution in [-0.2, 0) is 14.3 Å². The zero-order valence-corrected chi connectivity index (χ0v) is 8.21. The maximum atomic E-state index is 11.0. The lowest BCUT2D eigenvalue weighted by Gasteiger charge is -2.05. The average molecular weight is 184 g/mol. The first-order valence-electron chi connectivity index (χ1n) is 4.84. The molecular weight excluding hydrogens is 168 g/mol. The minimum atomic E-state index is -0.362. The number of rotatable bonds is 4. The van der Waals surface area contributed by atoms with Crippen molar-refractivity contribution >= 4 is 11.9 Å². The standard InChI is InChI=1S/C10H16O3/c1-7(2)4-3-5-8-6-9(11)13-10(8)12/h7-8H,3-6H2,1-2H3. The van der Waals surface area contributed by atoms with Crippen LogP contribution in [0.4, 0.5) is 0 Å². The molecule has 1 rings (SSSR count). The first-order chi connectivity index (χ1) is 6.09. The lowest BCUT2D eigenvalue weighted by Crippen LogP contribution is -2.07. The highest BCUT2D eigenvalue weighted by Gasteiger charge is 2.32. The summed E-state index contributed by atoms with van der Waals surface area (Å²) in [5.41, 5.74) is 0. The van der Waals surface area contributed by atoms with Gasteiger partial charge in [-0.25, -0.2) is 0 Å². The minimum absolute atomic E-state index is 0.161. The zero-order valence-electron chi connectivity index (χ0n) is 8.21. The minimum Gasteiger partial charge on any atom is -0.393 e. The Labute approximate surface area is 78.5 Å². The quantitative estimate of drug-likeness (QED) is 0.495. The van der Waals surface area contributed by atoms with Gasteiger partial charge in [-0.2, -0.15) is 0 Å². The molecule has 3 nitrogen and oxygen atoms in total. The Hall–Kier alpha value is -0.860. The fourth-order valence-electron chi connectivity index (χ4n) is 1.51. The molecule has 1 saturated heterocycles. The number of cyclic esters (lactones) is 2. The van der Waals surface area contributed by atoms with Crippen LogP contribution in [0.25, 0.3) is 0 Å². The van der Waals surface area contributed by atoms with Crippen LogP contribution in [0, 0.1) is 11.8 Å². The van der Waals surface area contributed by atoms with Gasteiger partial charge in [0, 0.05) is 0 Å². The van der Waals surface area contributed by atoms with Crippen molar-refractivity contribution < 1.29 is 14.3 Å². The van der Waals surface area contributed by atoms with E-state index in [0.29, 0.717) is 5.92 Å². The molecule has 1 unspecified atom stereocenters. The molecule has 0 aromatic rings. The molecule has 0 aliphatic carbocycles. The van der Waals surface area contributed by atoms with Crippen LogP contribution in [-0.4, -0.2) is 11.9 Å². The topological polar surface area (TPSA) is 43.4 Å². The molecule has 0 spiro atoms. The average Bonchev–Trinajstić information content (AvgIpc) is 2.29. The zero-order chi connectivity index (χ0) is 9.84. The largest absolute Gasteiger partial charge is 0.393 e. The summed E-state index contributed by atoms with van der Waals surface area (Å²) < 4.78 is 4.45. The lowest BCUT2D eigenvalue weighted by atomic mass is 9.97. The Bertz CT molecular complexity index is 208. The van der Waals surface area contributed by atoms with E-state index in [1.54, 1.807) is 0 Å². The highest BCUT2D eigenvalue weighted by atomic mass is 16.6. The van der Waals surface area contributed by atoms with Crippen molar-refractivity contribution in [2.24, 2.45) is 11.8 Å². The van der Waals surface area contributed by atoms with E-state index in [4.69, 9.17) is 0 Å². The smallest absolute Gasteiger partial charge is 0.317 e. The maximum Gasteiger partial charge on any atom is 0.317 e. The number of carbonyl (C=O) groups excluding carboxylic acids is 2. The van der Waals surface area contributed by atoms with Gasteiger partial charge in [-0.3, -0.25) is 9.59 Å². The van der Waals surface area contributed by atoms with Gasteiger partial charge in [0.15, 0.2) is 0 Å². The monoisotopic (exact) mass is 184 g/mol. The van der Waals surface area contributed by atoms with E-state index >= 15 is 0 Å². The Kier molecular flexibility index (Phi) is 3.46. The normalized spacial score (nSPS) is 22.5. The SMILES string of the molecule is CC(C)CCCC1CC(=O)OC1=O. The molecule has 0 bridgehead atoms. The van der Waals surface area contributed by atoms with Crippen LogP contribution >= 0.6 is 0 Å². The van der Waals surface area contributed by atoms with E-state index in [1.165, 1.54) is 0 Å². The van der Waals surface area contributed by atoms with Crippen molar-refractivity contribution in [1.29, 1.82) is 0 Å². The van der Waals surface area contributed by atoms with Gasteiger partial charge >= 0.3 is 11.9 Å². The van der Waals surface area contributed by atoms with E-state index in [9.17, 15) is 9.59 Å². The summed E-state index contributed by atoms with van der Waals surface area (Å²) in [6.07, 6.45) is 3.20. The van der Waals surface area contributed by atoms with Crippen LogP contribution in [0.2, 0.25) is 0 Å². The van der Waals surface area contributed by atoms with Crippen LogP contribution in [0.1, 0.15) is 39.5 Å². The van der Waals surface area contributed by atoms with E-state index in [-0.39, 0.29) is 24.3 Å². The molecule has 0 saturated carbocycles. The van der Waals surface area contributed by atoms with Gasteiger partial charge in [0.05, 0.1) is 12.3 Å². The Morgan fingerprint density at radius 3 is 2.62 bits per heavy atom. The molecule has 0 amide bonds. The van der Waals surface area contributed by atoms with E-state index < -0.39 is 0 Å². The summed E-state index contributed by atoms with van der Waals surface area (Å²) in [4.78, 5) is 21.7. The van der Waals surface area contributed by atoms with Gasteiger partial charge in [0.1, 0.15) is 0 Å². The van der Waals surface area contributed by atoms with Crippen LogP contribution in [0.15, 0.2) is 0 Å². The molecule has 1 aliphatic heterocycles. The molecule has 0 aromatic carbocycles. The van der Waals surface area contributed by atoms with Gasteiger partial charge in [0.2, 0.25) is 0 Å². The first kappa shape index (κ1) is 10.2. The molecule has 13 heavy (non-hydrogen) atoms. The fraction of sp³-hybridized carbons (Fsp3) is 0.800. The van der Waals surface area contributed by atoms with Crippen molar-refractivity contribution in [3.63, 3.8) is 0 Å². The van der Waals surface area contributed by atoms with Gasteiger partial charge in [0.25, 0.3) is 0 Å². The van der Waals surface area contributed by atoms with Gasteiger partial charge in [-0.1, -0.05) is 26.7 Å². The second kappa shape index (κ2) is 4.40. The third-order valence-electron chi connectivity index (χ3n) is 2.29. The van der Waals surface area contributed by atoms with Crippen LogP contribution in [0.5, 0.6) is 0 Å². The Morgan fingerprint density at radius 1 is 1.46 bits per heavy atom. The fourth-order valence-corrected chi connectivity index (χ4v) is 1.51. The molecule has 74 valence electrons. The third-order valence-corrected chi connectivity index (χ3v) is 2.29. The van der Waals surface area contributed by atoms with Crippen LogP contribution in [0.3, 0.4) is 0 Å². The summed E-state index contributed by atoms with van der Waals surface area (Å²) in [7, 11) is 0. The van der Waals surface area contributed by atoms with Crippen molar-refractivity contribution in [2.75, 3.05) is 0 Å². The van der Waals surface area contributed by atoms with Gasteiger partial charge in [-0.15, -0.1) is 0 Å². The predicted octanol–water partition coefficient (Wildman–Crippen LogP) is 1.90. The highest BCUT2D eigenvalue weighted by Crippen LogP contribution is 2.22. The second-order valence-electron chi connectivity index (χ2n) is 4.02. The van der Waals surface area contributed by atoms with Crippen molar-refractivity contribution in [3.8, 4) is 0 Å². The molecule has 3 heteroatoms. The molecule has 1 atom stereocenters. The molecular formula is C10H16O3. The first-order valence-corrected chi connectivity index (χ1v) is 4.84. The Balaban J connectivity index is 2.22. The molecule has 0 aromatic heterocycles. The van der Waals surface area contributed by atoms with Crippen LogP contribution < -0.4 is 0 Å². The van der Waals surface area contributed by atoms with E-state index in [0.717, 1.165) is 19.3 Å². The van der Waals surface area contributed by atoms with Crippen molar-refractivity contribution in [2.45, 2.75) is 39.5 Å². The number of carbonyl (C=O) groups is 2. The van der Waals surface area contributed by atoms with E-state index in [2.05, 4.69) is 18.6 Å². The molecule has 0 N–H and O–H groups in total. The molecule has 1 heterocycles. The number of hydrogen-bond donors (Lipinski definition) is 0. The molecule has 1 fully saturated rings. The third kappa shape index (κ3) is 3.17. The molecule has 0 radical (unpaired) electrons. The summed E-state index contributed by atoms with van der Waals surface area (Å²) in [6.45, 7) is 4.30. The van der Waals surface area contributed by atoms with Gasteiger partial charge < -0.3 is 4.74 Å². The summed E-state index contributed by atoms with van der Waals surface area (Å²) in [5, 5.41) is 0. The predicted molar refractivity (Wildman–Crippen MR) is 47.9 cm³/mol. The lowest BCUT2D eigenvalue weighted by molar-refractivity contribution is -0.153. The second-order valence-corrected chi connectivity index (χ2v) is 4.02. The summed E-state index contributed by atoms with van der Waals surface area (Å²) in [6, 6.07) is 0.